The number of nitrogens with zero attached hydrogens (tertiary/aromatic N) is 2. The second-order valence-corrected chi connectivity index (χ2v) is 12.1. The summed E-state index contributed by atoms with van der Waals surface area (Å²) < 4.78 is 52.4. The lowest BCUT2D eigenvalue weighted by atomic mass is 9.99. The Labute approximate surface area is 242 Å². The van der Waals surface area contributed by atoms with Gasteiger partial charge in [0.1, 0.15) is 19.1 Å². The third-order valence-electron chi connectivity index (χ3n) is 6.68. The molecular formula is C32H38N2O6S. The number of hydrogen-bond acceptors (Lipinski definition) is 7. The predicted molar refractivity (Wildman–Crippen MR) is 160 cm³/mol. The van der Waals surface area contributed by atoms with E-state index in [4.69, 9.17) is 18.7 Å². The van der Waals surface area contributed by atoms with E-state index in [2.05, 4.69) is 19.0 Å². The summed E-state index contributed by atoms with van der Waals surface area (Å²) in [4.78, 5) is 0.0727. The van der Waals surface area contributed by atoms with Crippen LogP contribution in [0.3, 0.4) is 0 Å². The first-order valence-electron chi connectivity index (χ1n) is 13.6. The van der Waals surface area contributed by atoms with Crippen LogP contribution in [-0.2, 0) is 32.5 Å². The number of methoxy groups -OCH3 is 1. The fourth-order valence-corrected chi connectivity index (χ4v) is 5.93. The molecule has 0 atom stereocenters. The highest BCUT2D eigenvalue weighted by Gasteiger charge is 2.33. The maximum absolute atomic E-state index is 14.5. The lowest BCUT2D eigenvalue weighted by Gasteiger charge is -2.24. The SMILES string of the molecule is COCCOCN(c1onc(C)c1C)S(=O)(=O)c1cc(OCc2ccccc2)ccc1-c1ccc(CC(C)C)cc1. The third kappa shape index (κ3) is 7.55. The Morgan fingerprint density at radius 2 is 1.66 bits per heavy atom. The van der Waals surface area contributed by atoms with Crippen LogP contribution in [-0.4, -0.2) is 40.6 Å². The minimum Gasteiger partial charge on any atom is -0.489 e. The molecule has 0 radical (unpaired) electrons. The number of benzene rings is 3. The summed E-state index contributed by atoms with van der Waals surface area (Å²) in [5.41, 5.74) is 4.69. The fraction of sp³-hybridized carbons (Fsp3) is 0.344. The first kappa shape index (κ1) is 30.3. The monoisotopic (exact) mass is 578 g/mol. The predicted octanol–water partition coefficient (Wildman–Crippen LogP) is 6.55. The lowest BCUT2D eigenvalue weighted by molar-refractivity contribution is 0.0744. The fourth-order valence-electron chi connectivity index (χ4n) is 4.36. The molecule has 3 aromatic carbocycles. The van der Waals surface area contributed by atoms with Crippen LogP contribution in [0.25, 0.3) is 11.1 Å². The molecule has 0 aliphatic heterocycles. The maximum atomic E-state index is 14.5. The van der Waals surface area contributed by atoms with Crippen molar-refractivity contribution in [2.75, 3.05) is 31.4 Å². The van der Waals surface area contributed by atoms with E-state index < -0.39 is 10.0 Å². The van der Waals surface area contributed by atoms with Crippen molar-refractivity contribution in [2.24, 2.45) is 5.92 Å². The smallest absolute Gasteiger partial charge is 0.269 e. The molecule has 4 aromatic rings. The maximum Gasteiger partial charge on any atom is 0.269 e. The van der Waals surface area contributed by atoms with Gasteiger partial charge in [0.05, 0.1) is 23.8 Å². The van der Waals surface area contributed by atoms with Gasteiger partial charge in [-0.1, -0.05) is 73.6 Å². The summed E-state index contributed by atoms with van der Waals surface area (Å²) in [6, 6.07) is 22.9. The molecule has 0 unspecified atom stereocenters. The van der Waals surface area contributed by atoms with Crippen LogP contribution in [0, 0.1) is 19.8 Å². The summed E-state index contributed by atoms with van der Waals surface area (Å²) in [7, 11) is -2.65. The summed E-state index contributed by atoms with van der Waals surface area (Å²) >= 11 is 0. The van der Waals surface area contributed by atoms with Crippen LogP contribution in [0.2, 0.25) is 0 Å². The van der Waals surface area contributed by atoms with Crippen molar-refractivity contribution in [3.05, 3.63) is 95.2 Å². The number of aryl methyl sites for hydroxylation is 1. The molecule has 1 heterocycles. The molecule has 0 bridgehead atoms. The Bertz CT molecular complexity index is 1520. The molecule has 0 aliphatic carbocycles. The molecule has 41 heavy (non-hydrogen) atoms. The number of hydrogen-bond donors (Lipinski definition) is 0. The van der Waals surface area contributed by atoms with Crippen molar-refractivity contribution < 1.29 is 27.2 Å². The Hall–Kier alpha value is -3.66. The highest BCUT2D eigenvalue weighted by atomic mass is 32.2. The van der Waals surface area contributed by atoms with E-state index in [9.17, 15) is 8.42 Å². The highest BCUT2D eigenvalue weighted by Crippen LogP contribution is 2.36. The average molecular weight is 579 g/mol. The normalized spacial score (nSPS) is 11.7. The zero-order valence-electron chi connectivity index (χ0n) is 24.3. The molecular weight excluding hydrogens is 540 g/mol. The standard InChI is InChI=1S/C32H38N2O6S/c1-23(2)19-26-11-13-28(14-12-26)30-16-15-29(39-21-27-9-7-6-8-10-27)20-31(30)41(35,36)34(22-38-18-17-37-5)32-24(3)25(4)33-40-32/h6-16,20,23H,17-19,21-22H2,1-5H3. The zero-order valence-corrected chi connectivity index (χ0v) is 25.1. The van der Waals surface area contributed by atoms with Crippen molar-refractivity contribution in [3.63, 3.8) is 0 Å². The van der Waals surface area contributed by atoms with Crippen LogP contribution in [0.15, 0.2) is 82.2 Å². The van der Waals surface area contributed by atoms with Crippen LogP contribution in [0.4, 0.5) is 5.88 Å². The largest absolute Gasteiger partial charge is 0.489 e. The minimum absolute atomic E-state index is 0.0727. The van der Waals surface area contributed by atoms with Gasteiger partial charge >= 0.3 is 0 Å². The van der Waals surface area contributed by atoms with E-state index >= 15 is 0 Å². The molecule has 0 saturated carbocycles. The number of anilines is 1. The van der Waals surface area contributed by atoms with Gasteiger partial charge in [-0.05, 0) is 55.0 Å². The molecule has 1 aromatic heterocycles. The summed E-state index contributed by atoms with van der Waals surface area (Å²) in [5.74, 6) is 1.05. The van der Waals surface area contributed by atoms with Gasteiger partial charge in [0.2, 0.25) is 5.88 Å². The van der Waals surface area contributed by atoms with Crippen molar-refractivity contribution in [1.29, 1.82) is 0 Å². The van der Waals surface area contributed by atoms with Crippen molar-refractivity contribution >= 4 is 15.9 Å². The molecule has 4 rings (SSSR count). The molecule has 218 valence electrons. The van der Waals surface area contributed by atoms with Crippen LogP contribution >= 0.6 is 0 Å². The van der Waals surface area contributed by atoms with Crippen molar-refractivity contribution in [3.8, 4) is 16.9 Å². The number of aromatic nitrogens is 1. The first-order valence-corrected chi connectivity index (χ1v) is 15.1. The molecule has 0 spiro atoms. The average Bonchev–Trinajstić information content (AvgIpc) is 3.29. The molecule has 9 heteroatoms. The van der Waals surface area contributed by atoms with E-state index in [1.165, 1.54) is 5.56 Å². The van der Waals surface area contributed by atoms with E-state index in [-0.39, 0.29) is 24.1 Å². The van der Waals surface area contributed by atoms with E-state index in [1.807, 2.05) is 54.6 Å². The van der Waals surface area contributed by atoms with Crippen LogP contribution < -0.4 is 9.04 Å². The Kier molecular flexibility index (Phi) is 10.2. The van der Waals surface area contributed by atoms with E-state index in [0.29, 0.717) is 41.7 Å². The summed E-state index contributed by atoms with van der Waals surface area (Å²) in [5, 5.41) is 4.00. The third-order valence-corrected chi connectivity index (χ3v) is 8.42. The van der Waals surface area contributed by atoms with Gasteiger partial charge < -0.3 is 18.7 Å². The Balaban J connectivity index is 1.78. The highest BCUT2D eigenvalue weighted by molar-refractivity contribution is 7.93. The van der Waals surface area contributed by atoms with E-state index in [0.717, 1.165) is 21.9 Å². The van der Waals surface area contributed by atoms with Gasteiger partial charge in [-0.25, -0.2) is 12.7 Å². The molecule has 0 N–H and O–H groups in total. The van der Waals surface area contributed by atoms with Crippen molar-refractivity contribution in [2.45, 2.75) is 45.6 Å². The Morgan fingerprint density at radius 1 is 0.927 bits per heavy atom. The summed E-state index contributed by atoms with van der Waals surface area (Å²) in [6.07, 6.45) is 0.939. The molecule has 0 fully saturated rings. The van der Waals surface area contributed by atoms with Crippen molar-refractivity contribution in [1.82, 2.24) is 5.16 Å². The number of rotatable bonds is 14. The second kappa shape index (κ2) is 13.8. The summed E-state index contributed by atoms with van der Waals surface area (Å²) in [6.45, 7) is 8.43. The lowest BCUT2D eigenvalue weighted by Crippen LogP contribution is -2.34. The van der Waals surface area contributed by atoms with E-state index in [1.54, 1.807) is 39.2 Å². The number of sulfonamides is 1. The topological polar surface area (TPSA) is 91.1 Å². The van der Waals surface area contributed by atoms with Crippen LogP contribution in [0.5, 0.6) is 5.75 Å². The van der Waals surface area contributed by atoms with Gasteiger partial charge in [0.25, 0.3) is 10.0 Å². The number of ether oxygens (including phenoxy) is 3. The quantitative estimate of drug-likeness (QED) is 0.124. The van der Waals surface area contributed by atoms with Gasteiger partial charge in [0, 0.05) is 24.3 Å². The first-order chi connectivity index (χ1) is 19.7. The van der Waals surface area contributed by atoms with Crippen LogP contribution in [0.1, 0.15) is 36.2 Å². The zero-order chi connectivity index (χ0) is 29.4. The minimum atomic E-state index is -4.21. The van der Waals surface area contributed by atoms with Gasteiger partial charge in [-0.3, -0.25) is 0 Å². The van der Waals surface area contributed by atoms with Gasteiger partial charge in [-0.2, -0.15) is 0 Å². The molecule has 0 aliphatic rings. The molecule has 0 saturated heterocycles. The Morgan fingerprint density at radius 3 is 2.29 bits per heavy atom. The molecule has 0 amide bonds. The van der Waals surface area contributed by atoms with Gasteiger partial charge in [0.15, 0.2) is 0 Å². The van der Waals surface area contributed by atoms with Gasteiger partial charge in [-0.15, -0.1) is 0 Å². The second-order valence-electron chi connectivity index (χ2n) is 10.3. The molecule has 8 nitrogen and oxygen atoms in total.